The molecule has 1 heterocycles. The van der Waals surface area contributed by atoms with E-state index in [-0.39, 0.29) is 16.5 Å². The van der Waals surface area contributed by atoms with Crippen molar-refractivity contribution < 1.29 is 13.2 Å². The van der Waals surface area contributed by atoms with E-state index in [4.69, 9.17) is 11.6 Å². The van der Waals surface area contributed by atoms with Crippen molar-refractivity contribution in [2.24, 2.45) is 14.1 Å². The van der Waals surface area contributed by atoms with Crippen molar-refractivity contribution in [3.05, 3.63) is 93.9 Å². The fourth-order valence-corrected chi connectivity index (χ4v) is 4.76. The predicted molar refractivity (Wildman–Crippen MR) is 135 cm³/mol. The van der Waals surface area contributed by atoms with Gasteiger partial charge < -0.3 is 5.32 Å². The first-order valence-corrected chi connectivity index (χ1v) is 12.0. The summed E-state index contributed by atoms with van der Waals surface area (Å²) in [5.74, 6) is -0.364. The van der Waals surface area contributed by atoms with Crippen LogP contribution in [0.5, 0.6) is 0 Å². The number of aryl methyl sites for hydroxylation is 2. The van der Waals surface area contributed by atoms with E-state index in [0.717, 1.165) is 5.52 Å². The van der Waals surface area contributed by atoms with Crippen molar-refractivity contribution >= 4 is 56.0 Å². The quantitative estimate of drug-likeness (QED) is 0.394. The number of sulfonamides is 1. The number of halogens is 1. The molecule has 0 aliphatic heterocycles. The summed E-state index contributed by atoms with van der Waals surface area (Å²) in [6.45, 7) is 0. The molecule has 0 aliphatic carbocycles. The van der Waals surface area contributed by atoms with Crippen LogP contribution in [0.4, 0.5) is 11.4 Å². The van der Waals surface area contributed by atoms with E-state index in [1.54, 1.807) is 74.8 Å². The van der Waals surface area contributed by atoms with E-state index in [9.17, 15) is 18.0 Å². The van der Waals surface area contributed by atoms with Gasteiger partial charge in [-0.15, -0.1) is 0 Å². The lowest BCUT2D eigenvalue weighted by Gasteiger charge is -2.09. The first kappa shape index (κ1) is 23.3. The van der Waals surface area contributed by atoms with Crippen LogP contribution in [-0.2, 0) is 28.9 Å². The minimum absolute atomic E-state index is 0.0656. The first-order valence-electron chi connectivity index (χ1n) is 10.2. The second-order valence-electron chi connectivity index (χ2n) is 7.58. The molecule has 1 amide bonds. The standard InChI is InChI=1S/C24H21ClN4O4S/c1-28-21-13-10-17(15-22(21)29(2)24(28)31)26-23(30)14-9-16-7-11-18(12-8-16)34(32,33)27-20-6-4-3-5-19(20)25/h3-15,27H,1-2H3,(H,26,30)/b14-9+. The SMILES string of the molecule is Cn1c(=O)n(C)c2cc(NC(=O)/C=C/c3ccc(S(=O)(=O)Nc4ccccc4Cl)cc3)ccc21. The van der Waals surface area contributed by atoms with Crippen molar-refractivity contribution in [1.82, 2.24) is 9.13 Å². The number of para-hydroxylation sites is 1. The number of nitrogens with zero attached hydrogens (tertiary/aromatic N) is 2. The smallest absolute Gasteiger partial charge is 0.322 e. The lowest BCUT2D eigenvalue weighted by Crippen LogP contribution is -2.19. The van der Waals surface area contributed by atoms with Crippen molar-refractivity contribution in [3.63, 3.8) is 0 Å². The van der Waals surface area contributed by atoms with Crippen LogP contribution < -0.4 is 15.7 Å². The van der Waals surface area contributed by atoms with Gasteiger partial charge in [-0.05, 0) is 54.1 Å². The van der Waals surface area contributed by atoms with Gasteiger partial charge in [0, 0.05) is 25.9 Å². The van der Waals surface area contributed by atoms with Gasteiger partial charge in [0.15, 0.2) is 0 Å². The third kappa shape index (κ3) is 4.75. The topological polar surface area (TPSA) is 102 Å². The molecule has 1 aromatic heterocycles. The van der Waals surface area contributed by atoms with E-state index in [1.807, 2.05) is 0 Å². The van der Waals surface area contributed by atoms with E-state index >= 15 is 0 Å². The highest BCUT2D eigenvalue weighted by molar-refractivity contribution is 7.92. The third-order valence-corrected chi connectivity index (χ3v) is 6.99. The molecule has 0 spiro atoms. The molecular formula is C24H21ClN4O4S. The number of aromatic nitrogens is 2. The normalized spacial score (nSPS) is 11.7. The average molecular weight is 497 g/mol. The van der Waals surface area contributed by atoms with Gasteiger partial charge in [-0.25, -0.2) is 13.2 Å². The largest absolute Gasteiger partial charge is 0.328 e. The molecule has 2 N–H and O–H groups in total. The molecule has 0 saturated carbocycles. The second kappa shape index (κ2) is 9.20. The molecule has 34 heavy (non-hydrogen) atoms. The predicted octanol–water partition coefficient (Wildman–Crippen LogP) is 3.98. The molecule has 10 heteroatoms. The van der Waals surface area contributed by atoms with E-state index in [1.165, 1.54) is 27.3 Å². The number of hydrogen-bond donors (Lipinski definition) is 2. The van der Waals surface area contributed by atoms with Crippen molar-refractivity contribution in [1.29, 1.82) is 0 Å². The zero-order chi connectivity index (χ0) is 24.5. The van der Waals surface area contributed by atoms with Crippen molar-refractivity contribution in [3.8, 4) is 0 Å². The van der Waals surface area contributed by atoms with Crippen LogP contribution in [0.2, 0.25) is 5.02 Å². The minimum atomic E-state index is -3.81. The second-order valence-corrected chi connectivity index (χ2v) is 9.67. The Kier molecular flexibility index (Phi) is 6.32. The number of imidazole rings is 1. The number of rotatable bonds is 6. The van der Waals surface area contributed by atoms with Crippen LogP contribution in [0.3, 0.4) is 0 Å². The Balaban J connectivity index is 1.44. The molecule has 0 aliphatic rings. The fourth-order valence-electron chi connectivity index (χ4n) is 3.45. The highest BCUT2D eigenvalue weighted by atomic mass is 35.5. The Bertz CT molecular complexity index is 1590. The minimum Gasteiger partial charge on any atom is -0.322 e. The van der Waals surface area contributed by atoms with Gasteiger partial charge in [-0.2, -0.15) is 0 Å². The number of benzene rings is 3. The molecule has 174 valence electrons. The Hall–Kier alpha value is -3.82. The molecule has 0 atom stereocenters. The molecular weight excluding hydrogens is 476 g/mol. The molecule has 0 bridgehead atoms. The Morgan fingerprint density at radius 1 is 0.941 bits per heavy atom. The number of hydrogen-bond acceptors (Lipinski definition) is 4. The number of fused-ring (bicyclic) bond motifs is 1. The van der Waals surface area contributed by atoms with Crippen LogP contribution in [-0.4, -0.2) is 23.5 Å². The van der Waals surface area contributed by atoms with Crippen LogP contribution in [0.1, 0.15) is 5.56 Å². The number of amides is 1. The highest BCUT2D eigenvalue weighted by Gasteiger charge is 2.15. The number of nitrogens with one attached hydrogen (secondary N) is 2. The zero-order valence-electron chi connectivity index (χ0n) is 18.3. The van der Waals surface area contributed by atoms with Gasteiger partial charge in [0.05, 0.1) is 26.6 Å². The van der Waals surface area contributed by atoms with Gasteiger partial charge in [0.25, 0.3) is 10.0 Å². The third-order valence-electron chi connectivity index (χ3n) is 5.28. The molecule has 0 radical (unpaired) electrons. The lowest BCUT2D eigenvalue weighted by molar-refractivity contribution is -0.111. The maximum Gasteiger partial charge on any atom is 0.328 e. The van der Waals surface area contributed by atoms with Crippen LogP contribution in [0, 0.1) is 0 Å². The van der Waals surface area contributed by atoms with Gasteiger partial charge in [-0.1, -0.05) is 35.9 Å². The monoisotopic (exact) mass is 496 g/mol. The van der Waals surface area contributed by atoms with Crippen LogP contribution in [0.25, 0.3) is 17.1 Å². The molecule has 8 nitrogen and oxygen atoms in total. The number of anilines is 2. The van der Waals surface area contributed by atoms with Gasteiger partial charge in [0.1, 0.15) is 0 Å². The first-order chi connectivity index (χ1) is 16.2. The molecule has 3 aromatic carbocycles. The number of carbonyl (C=O) groups excluding carboxylic acids is 1. The molecule has 4 rings (SSSR count). The van der Waals surface area contributed by atoms with Crippen LogP contribution in [0.15, 0.2) is 82.5 Å². The summed E-state index contributed by atoms with van der Waals surface area (Å²) in [4.78, 5) is 24.5. The summed E-state index contributed by atoms with van der Waals surface area (Å²) in [7, 11) is -0.451. The lowest BCUT2D eigenvalue weighted by atomic mass is 10.2. The molecule has 0 unspecified atom stereocenters. The molecule has 4 aromatic rings. The van der Waals surface area contributed by atoms with Crippen LogP contribution >= 0.6 is 11.6 Å². The summed E-state index contributed by atoms with van der Waals surface area (Å²) in [5.41, 5.74) is 2.81. The maximum absolute atomic E-state index is 12.6. The van der Waals surface area contributed by atoms with Crippen molar-refractivity contribution in [2.45, 2.75) is 4.90 Å². The summed E-state index contributed by atoms with van der Waals surface area (Å²) < 4.78 is 30.7. The number of carbonyl (C=O) groups is 1. The fraction of sp³-hybridized carbons (Fsp3) is 0.0833. The summed E-state index contributed by atoms with van der Waals surface area (Å²) in [6, 6.07) is 17.9. The van der Waals surface area contributed by atoms with Gasteiger partial charge in [0.2, 0.25) is 5.91 Å². The van der Waals surface area contributed by atoms with Gasteiger partial charge >= 0.3 is 5.69 Å². The highest BCUT2D eigenvalue weighted by Crippen LogP contribution is 2.24. The zero-order valence-corrected chi connectivity index (χ0v) is 19.9. The van der Waals surface area contributed by atoms with Gasteiger partial charge in [-0.3, -0.25) is 18.7 Å². The summed E-state index contributed by atoms with van der Waals surface area (Å²) >= 11 is 6.03. The summed E-state index contributed by atoms with van der Waals surface area (Å²) in [5, 5.41) is 3.06. The molecule has 0 fully saturated rings. The Morgan fingerprint density at radius 3 is 2.32 bits per heavy atom. The van der Waals surface area contributed by atoms with E-state index in [2.05, 4.69) is 10.0 Å². The summed E-state index contributed by atoms with van der Waals surface area (Å²) in [6.07, 6.45) is 2.92. The Labute approximate surface area is 201 Å². The van der Waals surface area contributed by atoms with E-state index in [0.29, 0.717) is 27.5 Å². The average Bonchev–Trinajstić information content (AvgIpc) is 3.03. The Morgan fingerprint density at radius 2 is 1.62 bits per heavy atom. The maximum atomic E-state index is 12.6. The van der Waals surface area contributed by atoms with E-state index < -0.39 is 10.0 Å². The molecule has 0 saturated heterocycles. The van der Waals surface area contributed by atoms with Crippen molar-refractivity contribution in [2.75, 3.05) is 10.0 Å².